The van der Waals surface area contributed by atoms with Crippen LogP contribution in [0, 0.1) is 5.92 Å². The zero-order valence-corrected chi connectivity index (χ0v) is 14.8. The van der Waals surface area contributed by atoms with Gasteiger partial charge < -0.3 is 5.32 Å². The molecule has 1 saturated heterocycles. The molecule has 25 heavy (non-hydrogen) atoms. The van der Waals surface area contributed by atoms with Crippen molar-refractivity contribution in [2.75, 3.05) is 31.9 Å². The molecule has 3 rings (SSSR count). The molecule has 136 valence electrons. The van der Waals surface area contributed by atoms with Crippen LogP contribution in [0.25, 0.3) is 0 Å². The second-order valence-corrected chi connectivity index (χ2v) is 8.47. The van der Waals surface area contributed by atoms with Gasteiger partial charge in [-0.15, -0.1) is 0 Å². The lowest BCUT2D eigenvalue weighted by molar-refractivity contribution is 0.0654. The maximum atomic E-state index is 12.2. The summed E-state index contributed by atoms with van der Waals surface area (Å²) in [6, 6.07) is 6.65. The van der Waals surface area contributed by atoms with Crippen molar-refractivity contribution >= 4 is 21.8 Å². The number of hydrogen-bond acceptors (Lipinski definition) is 5. The number of piperidine rings is 1. The van der Waals surface area contributed by atoms with Crippen molar-refractivity contribution in [2.24, 2.45) is 5.92 Å². The third-order valence-corrected chi connectivity index (χ3v) is 6.10. The first-order valence-electron chi connectivity index (χ1n) is 8.61. The highest BCUT2D eigenvalue weighted by molar-refractivity contribution is 7.89. The van der Waals surface area contributed by atoms with E-state index in [0.717, 1.165) is 30.8 Å². The van der Waals surface area contributed by atoms with Crippen LogP contribution in [0.3, 0.4) is 0 Å². The van der Waals surface area contributed by atoms with E-state index in [1.165, 1.54) is 0 Å². The van der Waals surface area contributed by atoms with Crippen molar-refractivity contribution in [3.05, 3.63) is 35.4 Å². The molecule has 1 unspecified atom stereocenters. The predicted octanol–water partition coefficient (Wildman–Crippen LogP) is 0.592. The van der Waals surface area contributed by atoms with E-state index in [1.807, 2.05) is 0 Å². The fourth-order valence-corrected chi connectivity index (χ4v) is 4.41. The van der Waals surface area contributed by atoms with Crippen LogP contribution in [-0.4, -0.2) is 57.1 Å². The molecule has 0 bridgehead atoms. The number of fused-ring (bicyclic) bond motifs is 1. The van der Waals surface area contributed by atoms with Gasteiger partial charge in [-0.05, 0) is 50.4 Å². The molecule has 0 saturated carbocycles. The number of nitrogens with zero attached hydrogens (tertiary/aromatic N) is 1. The summed E-state index contributed by atoms with van der Waals surface area (Å²) in [6.07, 6.45) is 2.31. The molecule has 1 aromatic rings. The van der Waals surface area contributed by atoms with Gasteiger partial charge in [-0.25, -0.2) is 13.1 Å². The summed E-state index contributed by atoms with van der Waals surface area (Å²) >= 11 is 0. The Kier molecular flexibility index (Phi) is 5.51. The van der Waals surface area contributed by atoms with Crippen LogP contribution in [-0.2, 0) is 10.0 Å². The van der Waals surface area contributed by atoms with E-state index in [1.54, 1.807) is 24.3 Å². The SMILES string of the molecule is O=C1c2ccccc2C(=O)N1CCCS(=O)(=O)NCC1CCCNC1. The van der Waals surface area contributed by atoms with Gasteiger partial charge in [0, 0.05) is 13.1 Å². The Labute approximate surface area is 147 Å². The van der Waals surface area contributed by atoms with Gasteiger partial charge in [0.15, 0.2) is 0 Å². The molecule has 2 aliphatic heterocycles. The van der Waals surface area contributed by atoms with Gasteiger partial charge in [0.25, 0.3) is 11.8 Å². The van der Waals surface area contributed by atoms with Gasteiger partial charge in [0.1, 0.15) is 0 Å². The Morgan fingerprint density at radius 2 is 1.84 bits per heavy atom. The molecule has 1 atom stereocenters. The third-order valence-electron chi connectivity index (χ3n) is 4.66. The molecule has 0 aliphatic carbocycles. The van der Waals surface area contributed by atoms with Crippen molar-refractivity contribution in [3.8, 4) is 0 Å². The number of carbonyl (C=O) groups excluding carboxylic acids is 2. The minimum Gasteiger partial charge on any atom is -0.316 e. The molecule has 0 aromatic heterocycles. The standard InChI is InChI=1S/C17H23N3O4S/c21-16-14-6-1-2-7-15(14)17(22)20(16)9-4-10-25(23,24)19-12-13-5-3-8-18-11-13/h1-2,6-7,13,18-19H,3-5,8-12H2. The highest BCUT2D eigenvalue weighted by Gasteiger charge is 2.34. The van der Waals surface area contributed by atoms with Crippen LogP contribution >= 0.6 is 0 Å². The predicted molar refractivity (Wildman–Crippen MR) is 93.8 cm³/mol. The largest absolute Gasteiger partial charge is 0.316 e. The monoisotopic (exact) mass is 365 g/mol. The Hall–Kier alpha value is -1.77. The quantitative estimate of drug-likeness (QED) is 0.690. The van der Waals surface area contributed by atoms with E-state index >= 15 is 0 Å². The van der Waals surface area contributed by atoms with E-state index < -0.39 is 10.0 Å². The number of amides is 2. The molecule has 0 radical (unpaired) electrons. The van der Waals surface area contributed by atoms with Gasteiger partial charge in [0.05, 0.1) is 16.9 Å². The van der Waals surface area contributed by atoms with Crippen LogP contribution < -0.4 is 10.0 Å². The third kappa shape index (κ3) is 4.26. The molecule has 1 aromatic carbocycles. The fraction of sp³-hybridized carbons (Fsp3) is 0.529. The first-order chi connectivity index (χ1) is 12.0. The summed E-state index contributed by atoms with van der Waals surface area (Å²) in [7, 11) is -3.40. The van der Waals surface area contributed by atoms with E-state index in [0.29, 0.717) is 23.6 Å². The van der Waals surface area contributed by atoms with Crippen LogP contribution in [0.15, 0.2) is 24.3 Å². The van der Waals surface area contributed by atoms with Gasteiger partial charge in [0.2, 0.25) is 10.0 Å². The molecule has 7 nitrogen and oxygen atoms in total. The summed E-state index contributed by atoms with van der Waals surface area (Å²) in [5.41, 5.74) is 0.775. The van der Waals surface area contributed by atoms with Crippen LogP contribution in [0.5, 0.6) is 0 Å². The second-order valence-electron chi connectivity index (χ2n) is 6.54. The fourth-order valence-electron chi connectivity index (χ4n) is 3.27. The maximum absolute atomic E-state index is 12.2. The Bertz CT molecular complexity index is 722. The van der Waals surface area contributed by atoms with Gasteiger partial charge in [-0.1, -0.05) is 12.1 Å². The molecule has 8 heteroatoms. The number of nitrogens with one attached hydrogen (secondary N) is 2. The van der Waals surface area contributed by atoms with Crippen molar-refractivity contribution in [3.63, 3.8) is 0 Å². The summed E-state index contributed by atoms with van der Waals surface area (Å²) in [6.45, 7) is 2.36. The molecular formula is C17H23N3O4S. The first-order valence-corrected chi connectivity index (χ1v) is 10.3. The average molecular weight is 365 g/mol. The van der Waals surface area contributed by atoms with E-state index in [9.17, 15) is 18.0 Å². The number of hydrogen-bond donors (Lipinski definition) is 2. The van der Waals surface area contributed by atoms with Gasteiger partial charge >= 0.3 is 0 Å². The van der Waals surface area contributed by atoms with Crippen LogP contribution in [0.1, 0.15) is 40.0 Å². The number of carbonyl (C=O) groups is 2. The maximum Gasteiger partial charge on any atom is 0.261 e. The highest BCUT2D eigenvalue weighted by Crippen LogP contribution is 2.22. The lowest BCUT2D eigenvalue weighted by Gasteiger charge is -2.22. The molecule has 2 heterocycles. The van der Waals surface area contributed by atoms with Crippen molar-refractivity contribution in [1.29, 1.82) is 0 Å². The zero-order chi connectivity index (χ0) is 17.9. The van der Waals surface area contributed by atoms with E-state index in [2.05, 4.69) is 10.0 Å². The highest BCUT2D eigenvalue weighted by atomic mass is 32.2. The zero-order valence-electron chi connectivity index (χ0n) is 14.0. The molecule has 2 N–H and O–H groups in total. The number of benzene rings is 1. The lowest BCUT2D eigenvalue weighted by Crippen LogP contribution is -2.39. The summed E-state index contributed by atoms with van der Waals surface area (Å²) in [4.78, 5) is 25.6. The summed E-state index contributed by atoms with van der Waals surface area (Å²) in [5, 5.41) is 3.25. The Morgan fingerprint density at radius 1 is 1.16 bits per heavy atom. The van der Waals surface area contributed by atoms with Crippen molar-refractivity contribution in [2.45, 2.75) is 19.3 Å². The number of imide groups is 1. The summed E-state index contributed by atoms with van der Waals surface area (Å²) in [5.74, 6) is -0.473. The minimum absolute atomic E-state index is 0.0967. The topological polar surface area (TPSA) is 95.6 Å². The smallest absolute Gasteiger partial charge is 0.261 e. The first kappa shape index (κ1) is 18.0. The molecule has 0 spiro atoms. The lowest BCUT2D eigenvalue weighted by atomic mass is 10.0. The van der Waals surface area contributed by atoms with Crippen molar-refractivity contribution in [1.82, 2.24) is 14.9 Å². The molecule has 2 aliphatic rings. The van der Waals surface area contributed by atoms with E-state index in [-0.39, 0.29) is 30.5 Å². The molecule has 2 amide bonds. The molecule has 1 fully saturated rings. The van der Waals surface area contributed by atoms with Crippen molar-refractivity contribution < 1.29 is 18.0 Å². The second kappa shape index (κ2) is 7.63. The van der Waals surface area contributed by atoms with Gasteiger partial charge in [-0.2, -0.15) is 0 Å². The average Bonchev–Trinajstić information content (AvgIpc) is 2.86. The number of sulfonamides is 1. The minimum atomic E-state index is -3.40. The van der Waals surface area contributed by atoms with E-state index in [4.69, 9.17) is 0 Å². The van der Waals surface area contributed by atoms with Crippen LogP contribution in [0.2, 0.25) is 0 Å². The van der Waals surface area contributed by atoms with Gasteiger partial charge in [-0.3, -0.25) is 14.5 Å². The van der Waals surface area contributed by atoms with Crippen LogP contribution in [0.4, 0.5) is 0 Å². The Morgan fingerprint density at radius 3 is 2.44 bits per heavy atom. The normalized spacial score (nSPS) is 20.8. The number of rotatable bonds is 7. The summed E-state index contributed by atoms with van der Waals surface area (Å²) < 4.78 is 26.9. The Balaban J connectivity index is 1.47. The molecular weight excluding hydrogens is 342 g/mol.